The Hall–Kier alpha value is -3.26. The molecule has 0 aromatic heterocycles. The second-order valence-corrected chi connectivity index (χ2v) is 7.49. The number of nitrogens with one attached hydrogen (secondary N) is 1. The molecule has 8 nitrogen and oxygen atoms in total. The Balaban J connectivity index is 1.59. The fourth-order valence-electron chi connectivity index (χ4n) is 3.28. The Labute approximate surface area is 185 Å². The normalized spacial score (nSPS) is 15.5. The third-order valence-electron chi connectivity index (χ3n) is 4.96. The lowest BCUT2D eigenvalue weighted by Gasteiger charge is -2.20. The highest BCUT2D eigenvalue weighted by molar-refractivity contribution is 6.31. The van der Waals surface area contributed by atoms with Crippen molar-refractivity contribution in [3.05, 3.63) is 47.0 Å². The minimum atomic E-state index is -0.681. The van der Waals surface area contributed by atoms with Crippen molar-refractivity contribution in [2.24, 2.45) is 5.92 Å². The van der Waals surface area contributed by atoms with Crippen molar-refractivity contribution in [2.45, 2.75) is 13.3 Å². The summed E-state index contributed by atoms with van der Waals surface area (Å²) in [5.74, 6) is -0.968. The summed E-state index contributed by atoms with van der Waals surface area (Å²) in [4.78, 5) is 38.6. The third-order valence-corrected chi connectivity index (χ3v) is 5.19. The van der Waals surface area contributed by atoms with Crippen LogP contribution in [-0.2, 0) is 19.1 Å². The number of halogens is 1. The SMILES string of the molecule is COc1ccc(N2C[C@@H](C(=O)OCC(=O)Nc3cc(Cl)ccc3C)CC2=O)c(OC)c1. The predicted octanol–water partition coefficient (Wildman–Crippen LogP) is 3.20. The van der Waals surface area contributed by atoms with Gasteiger partial charge in [0, 0.05) is 29.7 Å². The average molecular weight is 447 g/mol. The first-order valence-electron chi connectivity index (χ1n) is 9.57. The molecule has 1 aliphatic rings. The van der Waals surface area contributed by atoms with Crippen molar-refractivity contribution in [2.75, 3.05) is 37.6 Å². The van der Waals surface area contributed by atoms with E-state index in [0.717, 1.165) is 5.56 Å². The van der Waals surface area contributed by atoms with E-state index in [4.69, 9.17) is 25.8 Å². The number of hydrogen-bond acceptors (Lipinski definition) is 6. The van der Waals surface area contributed by atoms with Gasteiger partial charge in [0.25, 0.3) is 5.91 Å². The van der Waals surface area contributed by atoms with E-state index in [9.17, 15) is 14.4 Å². The first-order valence-corrected chi connectivity index (χ1v) is 9.95. The van der Waals surface area contributed by atoms with Gasteiger partial charge in [-0.25, -0.2) is 0 Å². The number of aryl methyl sites for hydroxylation is 1. The molecule has 1 aliphatic heterocycles. The number of ether oxygens (including phenoxy) is 3. The van der Waals surface area contributed by atoms with Crippen LogP contribution in [0.25, 0.3) is 0 Å². The van der Waals surface area contributed by atoms with Crippen LogP contribution in [0, 0.1) is 12.8 Å². The molecule has 31 heavy (non-hydrogen) atoms. The molecule has 1 heterocycles. The second-order valence-electron chi connectivity index (χ2n) is 7.06. The lowest BCUT2D eigenvalue weighted by atomic mass is 10.1. The number of benzene rings is 2. The van der Waals surface area contributed by atoms with Crippen LogP contribution in [0.1, 0.15) is 12.0 Å². The molecule has 1 fully saturated rings. The lowest BCUT2D eigenvalue weighted by Crippen LogP contribution is -2.28. The molecule has 9 heteroatoms. The van der Waals surface area contributed by atoms with Gasteiger partial charge in [-0.3, -0.25) is 14.4 Å². The number of carbonyl (C=O) groups excluding carboxylic acids is 3. The standard InChI is InChI=1S/C22H23ClN2O6/c1-13-4-5-15(23)9-17(13)24-20(26)12-31-22(28)14-8-21(27)25(11-14)18-7-6-16(29-2)10-19(18)30-3/h4-7,9-10,14H,8,11-12H2,1-3H3,(H,24,26)/t14-/m0/s1. The average Bonchev–Trinajstić information content (AvgIpc) is 3.15. The molecule has 0 unspecified atom stereocenters. The zero-order chi connectivity index (χ0) is 22.5. The zero-order valence-corrected chi connectivity index (χ0v) is 18.2. The van der Waals surface area contributed by atoms with Crippen LogP contribution in [0.15, 0.2) is 36.4 Å². The van der Waals surface area contributed by atoms with Gasteiger partial charge in [-0.1, -0.05) is 17.7 Å². The Kier molecular flexibility index (Phi) is 7.02. The highest BCUT2D eigenvalue weighted by atomic mass is 35.5. The van der Waals surface area contributed by atoms with E-state index >= 15 is 0 Å². The molecule has 1 N–H and O–H groups in total. The van der Waals surface area contributed by atoms with Gasteiger partial charge in [-0.2, -0.15) is 0 Å². The van der Waals surface area contributed by atoms with Gasteiger partial charge in [0.1, 0.15) is 11.5 Å². The second kappa shape index (κ2) is 9.70. The van der Waals surface area contributed by atoms with Crippen LogP contribution in [-0.4, -0.2) is 45.2 Å². The van der Waals surface area contributed by atoms with Crippen LogP contribution < -0.4 is 19.7 Å². The molecule has 164 valence electrons. The number of nitrogens with zero attached hydrogens (tertiary/aromatic N) is 1. The van der Waals surface area contributed by atoms with Crippen LogP contribution in [0.5, 0.6) is 11.5 Å². The molecule has 1 saturated heterocycles. The molecular formula is C22H23ClN2O6. The maximum absolute atomic E-state index is 12.5. The number of amides is 2. The van der Waals surface area contributed by atoms with E-state index < -0.39 is 24.4 Å². The van der Waals surface area contributed by atoms with Crippen molar-refractivity contribution < 1.29 is 28.6 Å². The van der Waals surface area contributed by atoms with Crippen LogP contribution in [0.2, 0.25) is 5.02 Å². The Bertz CT molecular complexity index is 1010. The van der Waals surface area contributed by atoms with Crippen molar-refractivity contribution in [3.63, 3.8) is 0 Å². The summed E-state index contributed by atoms with van der Waals surface area (Å²) in [5, 5.41) is 3.14. The quantitative estimate of drug-likeness (QED) is 0.656. The summed E-state index contributed by atoms with van der Waals surface area (Å²) in [5.41, 5.74) is 1.91. The first kappa shape index (κ1) is 22.4. The van der Waals surface area contributed by atoms with E-state index in [1.54, 1.807) is 36.4 Å². The fraction of sp³-hybridized carbons (Fsp3) is 0.318. The zero-order valence-electron chi connectivity index (χ0n) is 17.4. The van der Waals surface area contributed by atoms with E-state index in [0.29, 0.717) is 27.9 Å². The number of carbonyl (C=O) groups is 3. The molecule has 0 saturated carbocycles. The van der Waals surface area contributed by atoms with Crippen LogP contribution in [0.3, 0.4) is 0 Å². The summed E-state index contributed by atoms with van der Waals surface area (Å²) >= 11 is 5.94. The summed E-state index contributed by atoms with van der Waals surface area (Å²) < 4.78 is 15.7. The number of hydrogen-bond donors (Lipinski definition) is 1. The van der Waals surface area contributed by atoms with Gasteiger partial charge < -0.3 is 24.4 Å². The first-order chi connectivity index (χ1) is 14.8. The molecule has 1 atom stereocenters. The minimum absolute atomic E-state index is 0.0109. The highest BCUT2D eigenvalue weighted by Gasteiger charge is 2.37. The lowest BCUT2D eigenvalue weighted by molar-refractivity contribution is -0.151. The van der Waals surface area contributed by atoms with E-state index in [1.165, 1.54) is 19.1 Å². The van der Waals surface area contributed by atoms with Gasteiger partial charge in [0.05, 0.1) is 25.8 Å². The number of rotatable bonds is 7. The molecule has 2 amide bonds. The number of esters is 1. The van der Waals surface area contributed by atoms with Crippen molar-refractivity contribution in [1.29, 1.82) is 0 Å². The highest BCUT2D eigenvalue weighted by Crippen LogP contribution is 2.36. The topological polar surface area (TPSA) is 94.2 Å². The van der Waals surface area contributed by atoms with Crippen molar-refractivity contribution >= 4 is 40.8 Å². The van der Waals surface area contributed by atoms with E-state index in [-0.39, 0.29) is 18.9 Å². The summed E-state index contributed by atoms with van der Waals surface area (Å²) in [6.07, 6.45) is -0.0109. The van der Waals surface area contributed by atoms with Gasteiger partial charge in [0.15, 0.2) is 6.61 Å². The largest absolute Gasteiger partial charge is 0.497 e. The molecular weight excluding hydrogens is 424 g/mol. The summed E-state index contributed by atoms with van der Waals surface area (Å²) in [7, 11) is 3.02. The Morgan fingerprint density at radius 3 is 2.65 bits per heavy atom. The Morgan fingerprint density at radius 2 is 1.94 bits per heavy atom. The molecule has 0 bridgehead atoms. The van der Waals surface area contributed by atoms with Crippen LogP contribution >= 0.6 is 11.6 Å². The molecule has 0 aliphatic carbocycles. The fourth-order valence-corrected chi connectivity index (χ4v) is 3.45. The maximum Gasteiger partial charge on any atom is 0.311 e. The molecule has 0 radical (unpaired) electrons. The van der Waals surface area contributed by atoms with Gasteiger partial charge in [-0.05, 0) is 36.8 Å². The molecule has 2 aromatic carbocycles. The van der Waals surface area contributed by atoms with E-state index in [2.05, 4.69) is 5.32 Å². The number of anilines is 2. The molecule has 2 aromatic rings. The summed E-state index contributed by atoms with van der Waals surface area (Å²) in [6, 6.07) is 10.2. The van der Waals surface area contributed by atoms with Gasteiger partial charge in [0.2, 0.25) is 5.91 Å². The molecule has 0 spiro atoms. The smallest absolute Gasteiger partial charge is 0.311 e. The maximum atomic E-state index is 12.5. The molecule has 3 rings (SSSR count). The monoisotopic (exact) mass is 446 g/mol. The summed E-state index contributed by atoms with van der Waals surface area (Å²) in [6.45, 7) is 1.50. The van der Waals surface area contributed by atoms with Crippen molar-refractivity contribution in [3.8, 4) is 11.5 Å². The van der Waals surface area contributed by atoms with Crippen LogP contribution in [0.4, 0.5) is 11.4 Å². The van der Waals surface area contributed by atoms with Gasteiger partial charge in [-0.15, -0.1) is 0 Å². The van der Waals surface area contributed by atoms with Crippen molar-refractivity contribution in [1.82, 2.24) is 0 Å². The minimum Gasteiger partial charge on any atom is -0.497 e. The predicted molar refractivity (Wildman–Crippen MR) is 116 cm³/mol. The van der Waals surface area contributed by atoms with Gasteiger partial charge >= 0.3 is 5.97 Å². The van der Waals surface area contributed by atoms with E-state index in [1.807, 2.05) is 6.92 Å². The number of methoxy groups -OCH3 is 2. The third kappa shape index (κ3) is 5.27. The Morgan fingerprint density at radius 1 is 1.16 bits per heavy atom.